The van der Waals surface area contributed by atoms with Gasteiger partial charge < -0.3 is 5.32 Å². The van der Waals surface area contributed by atoms with Crippen molar-refractivity contribution in [2.75, 3.05) is 11.9 Å². The molecule has 0 aromatic carbocycles. The zero-order valence-electron chi connectivity index (χ0n) is 10.2. The Morgan fingerprint density at radius 3 is 2.82 bits per heavy atom. The van der Waals surface area contributed by atoms with E-state index in [0.717, 1.165) is 28.8 Å². The van der Waals surface area contributed by atoms with E-state index < -0.39 is 0 Å². The zero-order chi connectivity index (χ0) is 12.3. The topological polar surface area (TPSA) is 37.8 Å². The molecular formula is C12H15N3S2. The van der Waals surface area contributed by atoms with Gasteiger partial charge in [-0.05, 0) is 32.2 Å². The summed E-state index contributed by atoms with van der Waals surface area (Å²) in [5.41, 5.74) is 1.12. The number of aryl methyl sites for hydroxylation is 1. The van der Waals surface area contributed by atoms with Gasteiger partial charge in [0.05, 0.1) is 4.21 Å². The van der Waals surface area contributed by atoms with Gasteiger partial charge in [0.2, 0.25) is 0 Å². The molecule has 1 N–H and O–H groups in total. The number of hydrogen-bond donors (Lipinski definition) is 1. The summed E-state index contributed by atoms with van der Waals surface area (Å²) in [6, 6.07) is 4.17. The monoisotopic (exact) mass is 265 g/mol. The summed E-state index contributed by atoms with van der Waals surface area (Å²) < 4.78 is 1.26. The normalized spacial score (nSPS) is 10.5. The summed E-state index contributed by atoms with van der Waals surface area (Å²) in [5.74, 6) is 1.75. The molecule has 5 heteroatoms. The maximum Gasteiger partial charge on any atom is 0.133 e. The van der Waals surface area contributed by atoms with Crippen LogP contribution in [0.1, 0.15) is 18.3 Å². The fourth-order valence-electron chi connectivity index (χ4n) is 1.46. The third kappa shape index (κ3) is 2.98. The van der Waals surface area contributed by atoms with E-state index in [4.69, 9.17) is 0 Å². The molecule has 0 unspecified atom stereocenters. The second kappa shape index (κ2) is 5.51. The largest absolute Gasteiger partial charge is 0.370 e. The average molecular weight is 265 g/mol. The van der Waals surface area contributed by atoms with Crippen molar-refractivity contribution in [1.29, 1.82) is 0 Å². The number of nitrogens with zero attached hydrogens (tertiary/aromatic N) is 2. The lowest BCUT2D eigenvalue weighted by Gasteiger charge is -2.10. The minimum atomic E-state index is 0.811. The summed E-state index contributed by atoms with van der Waals surface area (Å²) in [4.78, 5) is 8.93. The lowest BCUT2D eigenvalue weighted by molar-refractivity contribution is 0.933. The van der Waals surface area contributed by atoms with Crippen LogP contribution in [-0.4, -0.2) is 16.5 Å². The predicted molar refractivity (Wildman–Crippen MR) is 74.1 cm³/mol. The van der Waals surface area contributed by atoms with Crippen LogP contribution in [0, 0.1) is 13.8 Å². The van der Waals surface area contributed by atoms with Crippen LogP contribution in [0.25, 0.3) is 0 Å². The molecule has 2 rings (SSSR count). The Labute approximate surface area is 110 Å². The molecule has 0 radical (unpaired) electrons. The molecular weight excluding hydrogens is 250 g/mol. The molecule has 0 aliphatic rings. The van der Waals surface area contributed by atoms with Crippen LogP contribution in [0.3, 0.4) is 0 Å². The quantitative estimate of drug-likeness (QED) is 0.855. The number of thiophene rings is 1. The van der Waals surface area contributed by atoms with Crippen molar-refractivity contribution in [1.82, 2.24) is 9.97 Å². The number of rotatable bonds is 4. The Kier molecular flexibility index (Phi) is 4.02. The van der Waals surface area contributed by atoms with Crippen LogP contribution in [-0.2, 0) is 0 Å². The molecule has 0 saturated heterocycles. The van der Waals surface area contributed by atoms with E-state index in [2.05, 4.69) is 46.6 Å². The Morgan fingerprint density at radius 2 is 2.18 bits per heavy atom. The SMILES string of the molecule is CCNc1nc(C)nc(Sc2cccs2)c1C. The third-order valence-corrected chi connectivity index (χ3v) is 4.38. The standard InChI is InChI=1S/C12H15N3S2/c1-4-13-11-8(2)12(15-9(3)14-11)17-10-6-5-7-16-10/h5-7H,4H2,1-3H3,(H,13,14,15). The second-order valence-corrected chi connectivity index (χ2v) is 5.85. The fraction of sp³-hybridized carbons (Fsp3) is 0.333. The second-order valence-electron chi connectivity index (χ2n) is 3.61. The van der Waals surface area contributed by atoms with E-state index >= 15 is 0 Å². The van der Waals surface area contributed by atoms with Gasteiger partial charge in [-0.3, -0.25) is 0 Å². The van der Waals surface area contributed by atoms with Crippen LogP contribution in [0.4, 0.5) is 5.82 Å². The molecule has 17 heavy (non-hydrogen) atoms. The molecule has 2 aromatic rings. The maximum absolute atomic E-state index is 4.51. The molecule has 0 aliphatic carbocycles. The van der Waals surface area contributed by atoms with Crippen molar-refractivity contribution in [2.24, 2.45) is 0 Å². The van der Waals surface area contributed by atoms with Gasteiger partial charge in [-0.25, -0.2) is 9.97 Å². The van der Waals surface area contributed by atoms with Crippen molar-refractivity contribution >= 4 is 28.9 Å². The minimum Gasteiger partial charge on any atom is -0.370 e. The molecule has 0 spiro atoms. The van der Waals surface area contributed by atoms with E-state index in [1.807, 2.05) is 6.92 Å². The molecule has 2 heterocycles. The summed E-state index contributed by atoms with van der Waals surface area (Å²) >= 11 is 3.44. The van der Waals surface area contributed by atoms with Gasteiger partial charge in [0.15, 0.2) is 0 Å². The highest BCUT2D eigenvalue weighted by atomic mass is 32.2. The summed E-state index contributed by atoms with van der Waals surface area (Å²) in [6.07, 6.45) is 0. The first-order valence-electron chi connectivity index (χ1n) is 5.51. The van der Waals surface area contributed by atoms with Crippen LogP contribution in [0.15, 0.2) is 26.7 Å². The smallest absolute Gasteiger partial charge is 0.133 e. The molecule has 90 valence electrons. The van der Waals surface area contributed by atoms with Gasteiger partial charge in [-0.1, -0.05) is 17.8 Å². The zero-order valence-corrected chi connectivity index (χ0v) is 11.8. The summed E-state index contributed by atoms with van der Waals surface area (Å²) in [6.45, 7) is 6.94. The van der Waals surface area contributed by atoms with Crippen LogP contribution in [0.2, 0.25) is 0 Å². The lowest BCUT2D eigenvalue weighted by atomic mass is 10.3. The summed E-state index contributed by atoms with van der Waals surface area (Å²) in [5, 5.41) is 6.39. The fourth-order valence-corrected chi connectivity index (χ4v) is 3.27. The number of aromatic nitrogens is 2. The van der Waals surface area contributed by atoms with E-state index in [9.17, 15) is 0 Å². The molecule has 0 aliphatic heterocycles. The molecule has 0 saturated carbocycles. The molecule has 3 nitrogen and oxygen atoms in total. The Balaban J connectivity index is 2.32. The van der Waals surface area contributed by atoms with E-state index in [1.165, 1.54) is 4.21 Å². The van der Waals surface area contributed by atoms with Gasteiger partial charge in [0.25, 0.3) is 0 Å². The van der Waals surface area contributed by atoms with Crippen LogP contribution >= 0.6 is 23.1 Å². The highest BCUT2D eigenvalue weighted by Crippen LogP contribution is 2.33. The number of nitrogens with one attached hydrogen (secondary N) is 1. The van der Waals surface area contributed by atoms with Crippen LogP contribution in [0.5, 0.6) is 0 Å². The Bertz CT molecular complexity index is 495. The van der Waals surface area contributed by atoms with Gasteiger partial charge in [0.1, 0.15) is 16.7 Å². The van der Waals surface area contributed by atoms with E-state index in [1.54, 1.807) is 23.1 Å². The van der Waals surface area contributed by atoms with Gasteiger partial charge in [-0.15, -0.1) is 11.3 Å². The Morgan fingerprint density at radius 1 is 1.35 bits per heavy atom. The third-order valence-electron chi connectivity index (χ3n) is 2.25. The first-order valence-corrected chi connectivity index (χ1v) is 7.20. The van der Waals surface area contributed by atoms with E-state index in [-0.39, 0.29) is 0 Å². The van der Waals surface area contributed by atoms with Crippen molar-refractivity contribution in [3.8, 4) is 0 Å². The van der Waals surface area contributed by atoms with Crippen molar-refractivity contribution < 1.29 is 0 Å². The number of hydrogen-bond acceptors (Lipinski definition) is 5. The molecule has 0 amide bonds. The number of anilines is 1. The molecule has 0 bridgehead atoms. The van der Waals surface area contributed by atoms with Gasteiger partial charge in [0, 0.05) is 12.1 Å². The molecule has 0 atom stereocenters. The van der Waals surface area contributed by atoms with Crippen molar-refractivity contribution in [2.45, 2.75) is 30.0 Å². The van der Waals surface area contributed by atoms with Crippen molar-refractivity contribution in [3.05, 3.63) is 28.9 Å². The van der Waals surface area contributed by atoms with Gasteiger partial charge >= 0.3 is 0 Å². The minimum absolute atomic E-state index is 0.811. The predicted octanol–water partition coefficient (Wildman–Crippen LogP) is 3.74. The first kappa shape index (κ1) is 12.4. The highest BCUT2D eigenvalue weighted by Gasteiger charge is 2.10. The van der Waals surface area contributed by atoms with Crippen molar-refractivity contribution in [3.63, 3.8) is 0 Å². The van der Waals surface area contributed by atoms with Gasteiger partial charge in [-0.2, -0.15) is 0 Å². The maximum atomic E-state index is 4.51. The van der Waals surface area contributed by atoms with Crippen LogP contribution < -0.4 is 5.32 Å². The van der Waals surface area contributed by atoms with E-state index in [0.29, 0.717) is 0 Å². The molecule has 0 fully saturated rings. The first-order chi connectivity index (χ1) is 8.20. The average Bonchev–Trinajstić information content (AvgIpc) is 2.78. The highest BCUT2D eigenvalue weighted by molar-refractivity contribution is 8.01. The Hall–Kier alpha value is -1.07. The summed E-state index contributed by atoms with van der Waals surface area (Å²) in [7, 11) is 0. The molecule has 2 aromatic heterocycles. The lowest BCUT2D eigenvalue weighted by Crippen LogP contribution is -2.05.